The topological polar surface area (TPSA) is 208 Å². The molecule has 0 bridgehead atoms. The van der Waals surface area contributed by atoms with Crippen LogP contribution in [0.25, 0.3) is 0 Å². The third-order valence-electron chi connectivity index (χ3n) is 3.58. The molecule has 12 nitrogen and oxygen atoms in total. The first-order chi connectivity index (χ1) is 13.0. The average molecular weight is 404 g/mol. The Hall–Kier alpha value is -2.73. The van der Waals surface area contributed by atoms with Gasteiger partial charge in [0.2, 0.25) is 17.7 Å². The highest BCUT2D eigenvalue weighted by atomic mass is 16.4. The second-order valence-electron chi connectivity index (χ2n) is 6.59. The lowest BCUT2D eigenvalue weighted by atomic mass is 10.0. The molecular weight excluding hydrogens is 376 g/mol. The molecule has 0 aromatic rings. The third kappa shape index (κ3) is 10.4. The van der Waals surface area contributed by atoms with Gasteiger partial charge in [0.1, 0.15) is 12.1 Å². The molecule has 8 N–H and O–H groups in total. The molecule has 0 rings (SSSR count). The Labute approximate surface area is 161 Å². The van der Waals surface area contributed by atoms with Crippen molar-refractivity contribution in [3.05, 3.63) is 0 Å². The van der Waals surface area contributed by atoms with E-state index in [0.29, 0.717) is 6.42 Å². The molecule has 0 fully saturated rings. The van der Waals surface area contributed by atoms with Crippen LogP contribution in [0.2, 0.25) is 0 Å². The van der Waals surface area contributed by atoms with E-state index in [9.17, 15) is 29.1 Å². The number of aliphatic hydroxyl groups excluding tert-OH is 1. The van der Waals surface area contributed by atoms with Crippen LogP contribution in [0.3, 0.4) is 0 Å². The van der Waals surface area contributed by atoms with Gasteiger partial charge in [-0.1, -0.05) is 13.8 Å². The summed E-state index contributed by atoms with van der Waals surface area (Å²) in [7, 11) is 0. The first kappa shape index (κ1) is 25.3. The van der Waals surface area contributed by atoms with Gasteiger partial charge in [-0.15, -0.1) is 0 Å². The maximum absolute atomic E-state index is 12.0. The van der Waals surface area contributed by atoms with Gasteiger partial charge in [-0.05, 0) is 18.8 Å². The van der Waals surface area contributed by atoms with E-state index < -0.39 is 67.4 Å². The molecule has 0 aromatic carbocycles. The minimum atomic E-state index is -1.43. The van der Waals surface area contributed by atoms with Crippen LogP contribution in [0.4, 0.5) is 0 Å². The summed E-state index contributed by atoms with van der Waals surface area (Å²) < 4.78 is 0. The fourth-order valence-corrected chi connectivity index (χ4v) is 2.15. The molecule has 0 saturated carbocycles. The van der Waals surface area contributed by atoms with Crippen molar-refractivity contribution in [2.24, 2.45) is 11.7 Å². The van der Waals surface area contributed by atoms with Crippen LogP contribution in [0, 0.1) is 5.92 Å². The van der Waals surface area contributed by atoms with Crippen molar-refractivity contribution in [1.29, 1.82) is 0 Å². The predicted octanol–water partition coefficient (Wildman–Crippen LogP) is -2.61. The van der Waals surface area contributed by atoms with Crippen molar-refractivity contribution in [1.82, 2.24) is 16.0 Å². The highest BCUT2D eigenvalue weighted by Gasteiger charge is 2.25. The highest BCUT2D eigenvalue weighted by molar-refractivity contribution is 5.92. The molecule has 0 spiro atoms. The number of carbonyl (C=O) groups excluding carboxylic acids is 3. The maximum atomic E-state index is 12.0. The first-order valence-electron chi connectivity index (χ1n) is 8.66. The molecule has 3 atom stereocenters. The summed E-state index contributed by atoms with van der Waals surface area (Å²) >= 11 is 0. The van der Waals surface area contributed by atoms with Gasteiger partial charge in [-0.2, -0.15) is 0 Å². The molecule has 0 aliphatic carbocycles. The standard InChI is InChI=1S/C16H28N4O8/c1-8(2)5-9(17)14(25)20-11(7-21)15(26)18-6-12(22)19-10(16(27)28)3-4-13(23)24/h8-11,21H,3-7,17H2,1-2H3,(H,18,26)(H,19,22)(H,20,25)(H,23,24)(H,27,28)/t9-,10-,11-/m0/s1. The van der Waals surface area contributed by atoms with E-state index in [4.69, 9.17) is 15.9 Å². The number of carbonyl (C=O) groups is 5. The van der Waals surface area contributed by atoms with Crippen molar-refractivity contribution in [3.8, 4) is 0 Å². The molecule has 0 aliphatic rings. The van der Waals surface area contributed by atoms with Gasteiger partial charge in [0.25, 0.3) is 0 Å². The van der Waals surface area contributed by atoms with E-state index >= 15 is 0 Å². The molecule has 28 heavy (non-hydrogen) atoms. The number of carboxylic acid groups (broad SMARTS) is 2. The summed E-state index contributed by atoms with van der Waals surface area (Å²) in [6, 6.07) is -3.63. The summed E-state index contributed by atoms with van der Waals surface area (Å²) in [5.74, 6) is -4.85. The minimum Gasteiger partial charge on any atom is -0.481 e. The number of hydrogen-bond donors (Lipinski definition) is 7. The van der Waals surface area contributed by atoms with E-state index in [0.717, 1.165) is 0 Å². The Bertz CT molecular complexity index is 581. The number of nitrogens with one attached hydrogen (secondary N) is 3. The molecule has 0 radical (unpaired) electrons. The Kier molecular flexibility index (Phi) is 11.4. The monoisotopic (exact) mass is 404 g/mol. The molecular formula is C16H28N4O8. The minimum absolute atomic E-state index is 0.147. The summed E-state index contributed by atoms with van der Waals surface area (Å²) in [4.78, 5) is 57.2. The Balaban J connectivity index is 4.57. The van der Waals surface area contributed by atoms with Crippen molar-refractivity contribution in [2.45, 2.75) is 51.2 Å². The maximum Gasteiger partial charge on any atom is 0.326 e. The van der Waals surface area contributed by atoms with Crippen LogP contribution >= 0.6 is 0 Å². The van der Waals surface area contributed by atoms with Gasteiger partial charge in [0.15, 0.2) is 0 Å². The number of carboxylic acids is 2. The van der Waals surface area contributed by atoms with Crippen LogP contribution in [-0.4, -0.2) is 76.3 Å². The van der Waals surface area contributed by atoms with E-state index in [-0.39, 0.29) is 12.3 Å². The smallest absolute Gasteiger partial charge is 0.326 e. The lowest BCUT2D eigenvalue weighted by molar-refractivity contribution is -0.143. The quantitative estimate of drug-likeness (QED) is 0.171. The van der Waals surface area contributed by atoms with Gasteiger partial charge < -0.3 is 37.0 Å². The fourth-order valence-electron chi connectivity index (χ4n) is 2.15. The summed E-state index contributed by atoms with van der Waals surface area (Å²) in [6.45, 7) is 2.37. The van der Waals surface area contributed by atoms with Gasteiger partial charge in [0.05, 0.1) is 19.2 Å². The summed E-state index contributed by atoms with van der Waals surface area (Å²) in [5.41, 5.74) is 5.69. The lowest BCUT2D eigenvalue weighted by Gasteiger charge is -2.20. The van der Waals surface area contributed by atoms with Crippen molar-refractivity contribution in [2.75, 3.05) is 13.2 Å². The van der Waals surface area contributed by atoms with Crippen molar-refractivity contribution >= 4 is 29.7 Å². The van der Waals surface area contributed by atoms with Crippen molar-refractivity contribution in [3.63, 3.8) is 0 Å². The van der Waals surface area contributed by atoms with E-state index in [1.807, 2.05) is 13.8 Å². The molecule has 0 saturated heterocycles. The van der Waals surface area contributed by atoms with E-state index in [1.54, 1.807) is 0 Å². The van der Waals surface area contributed by atoms with Gasteiger partial charge in [-0.25, -0.2) is 4.79 Å². The SMILES string of the molecule is CC(C)C[C@H](N)C(=O)N[C@@H](CO)C(=O)NCC(=O)N[C@@H](CCC(=O)O)C(=O)O. The van der Waals surface area contributed by atoms with Crippen LogP contribution < -0.4 is 21.7 Å². The number of rotatable bonds is 13. The second-order valence-corrected chi connectivity index (χ2v) is 6.59. The van der Waals surface area contributed by atoms with Gasteiger partial charge in [-0.3, -0.25) is 19.2 Å². The third-order valence-corrected chi connectivity index (χ3v) is 3.58. The molecule has 0 unspecified atom stereocenters. The van der Waals surface area contributed by atoms with Crippen LogP contribution in [0.5, 0.6) is 0 Å². The number of hydrogen-bond acceptors (Lipinski definition) is 7. The molecule has 12 heteroatoms. The number of aliphatic carboxylic acids is 2. The normalized spacial score (nSPS) is 13.9. The van der Waals surface area contributed by atoms with E-state index in [1.165, 1.54) is 0 Å². The van der Waals surface area contributed by atoms with Crippen LogP contribution in [0.1, 0.15) is 33.1 Å². The number of amides is 3. The number of nitrogens with two attached hydrogens (primary N) is 1. The zero-order valence-electron chi connectivity index (χ0n) is 15.8. The largest absolute Gasteiger partial charge is 0.481 e. The summed E-state index contributed by atoms with van der Waals surface area (Å²) in [6.07, 6.45) is -0.410. The second kappa shape index (κ2) is 12.6. The first-order valence-corrected chi connectivity index (χ1v) is 8.66. The Morgan fingerprint density at radius 3 is 2.04 bits per heavy atom. The molecule has 0 aromatic heterocycles. The number of aliphatic hydroxyl groups is 1. The lowest BCUT2D eigenvalue weighted by Crippen LogP contribution is -2.55. The average Bonchev–Trinajstić information content (AvgIpc) is 2.59. The molecule has 160 valence electrons. The Morgan fingerprint density at radius 2 is 1.57 bits per heavy atom. The van der Waals surface area contributed by atoms with Crippen LogP contribution in [0.15, 0.2) is 0 Å². The molecule has 0 heterocycles. The van der Waals surface area contributed by atoms with Crippen molar-refractivity contribution < 1.29 is 39.3 Å². The fraction of sp³-hybridized carbons (Fsp3) is 0.688. The van der Waals surface area contributed by atoms with E-state index in [2.05, 4.69) is 16.0 Å². The predicted molar refractivity (Wildman–Crippen MR) is 95.9 cm³/mol. The molecule has 3 amide bonds. The highest BCUT2D eigenvalue weighted by Crippen LogP contribution is 2.03. The van der Waals surface area contributed by atoms with Crippen LogP contribution in [-0.2, 0) is 24.0 Å². The Morgan fingerprint density at radius 1 is 0.964 bits per heavy atom. The zero-order valence-corrected chi connectivity index (χ0v) is 15.8. The molecule has 0 aliphatic heterocycles. The summed E-state index contributed by atoms with van der Waals surface area (Å²) in [5, 5.41) is 33.3. The van der Waals surface area contributed by atoms with Gasteiger partial charge >= 0.3 is 11.9 Å². The zero-order chi connectivity index (χ0) is 21.9. The van der Waals surface area contributed by atoms with Gasteiger partial charge in [0, 0.05) is 6.42 Å².